The number of ether oxygens (including phenoxy) is 1. The molecule has 1 fully saturated rings. The van der Waals surface area contributed by atoms with E-state index < -0.39 is 0 Å². The number of hydrogen-bond acceptors (Lipinski definition) is 3. The van der Waals surface area contributed by atoms with Crippen molar-refractivity contribution < 1.29 is 4.74 Å². The van der Waals surface area contributed by atoms with E-state index in [1.165, 1.54) is 0 Å². The summed E-state index contributed by atoms with van der Waals surface area (Å²) in [5, 5.41) is 7.80. The van der Waals surface area contributed by atoms with Crippen LogP contribution in [0.2, 0.25) is 0 Å². The lowest BCUT2D eigenvalue weighted by molar-refractivity contribution is -0.0790. The van der Waals surface area contributed by atoms with E-state index in [0.717, 1.165) is 41.9 Å². The van der Waals surface area contributed by atoms with Crippen molar-refractivity contribution >= 4 is 15.9 Å². The summed E-state index contributed by atoms with van der Waals surface area (Å²) in [5.41, 5.74) is 2.26. The predicted molar refractivity (Wildman–Crippen MR) is 71.0 cm³/mol. The van der Waals surface area contributed by atoms with Crippen LogP contribution in [0.1, 0.15) is 32.2 Å². The molecule has 1 aliphatic rings. The summed E-state index contributed by atoms with van der Waals surface area (Å²) >= 11 is 3.63. The molecule has 5 heteroatoms. The van der Waals surface area contributed by atoms with E-state index in [0.29, 0.717) is 6.61 Å². The third-order valence-corrected chi connectivity index (χ3v) is 4.16. The van der Waals surface area contributed by atoms with Crippen LogP contribution in [0, 0.1) is 0 Å². The van der Waals surface area contributed by atoms with Gasteiger partial charge in [-0.05, 0) is 36.2 Å². The molecule has 2 heterocycles. The SMILES string of the molecule is CCc1nn(CC)c(COC2(C)CNC2)c1Br. The molecule has 1 saturated heterocycles. The minimum Gasteiger partial charge on any atom is -0.366 e. The lowest BCUT2D eigenvalue weighted by Gasteiger charge is -2.39. The summed E-state index contributed by atoms with van der Waals surface area (Å²) in [5.74, 6) is 0. The zero-order chi connectivity index (χ0) is 12.5. The molecule has 17 heavy (non-hydrogen) atoms. The number of aryl methyl sites for hydroxylation is 2. The lowest BCUT2D eigenvalue weighted by atomic mass is 10.0. The molecule has 2 rings (SSSR count). The van der Waals surface area contributed by atoms with Gasteiger partial charge < -0.3 is 10.1 Å². The van der Waals surface area contributed by atoms with Gasteiger partial charge in [0.25, 0.3) is 0 Å². The second kappa shape index (κ2) is 5.08. The lowest BCUT2D eigenvalue weighted by Crippen LogP contribution is -2.58. The monoisotopic (exact) mass is 301 g/mol. The molecule has 1 aromatic rings. The van der Waals surface area contributed by atoms with Gasteiger partial charge in [0.1, 0.15) is 0 Å². The molecule has 1 N–H and O–H groups in total. The van der Waals surface area contributed by atoms with E-state index in [-0.39, 0.29) is 5.60 Å². The number of nitrogens with zero attached hydrogens (tertiary/aromatic N) is 2. The van der Waals surface area contributed by atoms with Gasteiger partial charge in [0, 0.05) is 19.6 Å². The van der Waals surface area contributed by atoms with Crippen molar-refractivity contribution in [3.63, 3.8) is 0 Å². The second-order valence-corrected chi connectivity index (χ2v) is 5.51. The minimum atomic E-state index is -0.00530. The fourth-order valence-corrected chi connectivity index (χ4v) is 2.66. The molecule has 1 aromatic heterocycles. The van der Waals surface area contributed by atoms with Gasteiger partial charge in [0.05, 0.1) is 28.1 Å². The van der Waals surface area contributed by atoms with Crippen molar-refractivity contribution in [3.8, 4) is 0 Å². The topological polar surface area (TPSA) is 39.1 Å². The van der Waals surface area contributed by atoms with Gasteiger partial charge in [0.2, 0.25) is 0 Å². The number of rotatable bonds is 5. The predicted octanol–water partition coefficient (Wildman–Crippen LogP) is 2.11. The summed E-state index contributed by atoms with van der Waals surface area (Å²) in [6.07, 6.45) is 0.944. The Kier molecular flexibility index (Phi) is 3.90. The van der Waals surface area contributed by atoms with E-state index >= 15 is 0 Å². The first-order chi connectivity index (χ1) is 8.09. The van der Waals surface area contributed by atoms with Crippen molar-refractivity contribution in [2.45, 2.75) is 45.9 Å². The first kappa shape index (κ1) is 13.1. The molecule has 0 amide bonds. The van der Waals surface area contributed by atoms with E-state index in [2.05, 4.69) is 47.1 Å². The van der Waals surface area contributed by atoms with Crippen LogP contribution in [0.3, 0.4) is 0 Å². The molecule has 1 aliphatic heterocycles. The highest BCUT2D eigenvalue weighted by Crippen LogP contribution is 2.25. The molecule has 4 nitrogen and oxygen atoms in total. The van der Waals surface area contributed by atoms with Crippen molar-refractivity contribution in [1.29, 1.82) is 0 Å². The number of halogens is 1. The van der Waals surface area contributed by atoms with E-state index in [4.69, 9.17) is 4.74 Å². The Balaban J connectivity index is 2.10. The third-order valence-electron chi connectivity index (χ3n) is 3.25. The summed E-state index contributed by atoms with van der Waals surface area (Å²) in [7, 11) is 0. The van der Waals surface area contributed by atoms with Crippen LogP contribution in [0.25, 0.3) is 0 Å². The quantitative estimate of drug-likeness (QED) is 0.905. The van der Waals surface area contributed by atoms with Crippen molar-refractivity contribution in [1.82, 2.24) is 15.1 Å². The molecule has 96 valence electrons. The summed E-state index contributed by atoms with van der Waals surface area (Å²) in [6, 6.07) is 0. The van der Waals surface area contributed by atoms with Gasteiger partial charge in [-0.2, -0.15) is 5.10 Å². The van der Waals surface area contributed by atoms with E-state index in [9.17, 15) is 0 Å². The molecule has 0 saturated carbocycles. The Morgan fingerprint density at radius 3 is 2.65 bits per heavy atom. The van der Waals surface area contributed by atoms with Crippen LogP contribution in [0.5, 0.6) is 0 Å². The van der Waals surface area contributed by atoms with Gasteiger partial charge in [0.15, 0.2) is 0 Å². The summed E-state index contributed by atoms with van der Waals surface area (Å²) in [6.45, 7) is 9.75. The Morgan fingerprint density at radius 1 is 1.47 bits per heavy atom. The number of aromatic nitrogens is 2. The van der Waals surface area contributed by atoms with Gasteiger partial charge in [-0.1, -0.05) is 6.92 Å². The van der Waals surface area contributed by atoms with Gasteiger partial charge in [-0.3, -0.25) is 4.68 Å². The van der Waals surface area contributed by atoms with E-state index in [1.54, 1.807) is 0 Å². The standard InChI is InChI=1S/C12H20BrN3O/c1-4-9-11(13)10(16(5-2)15-9)6-17-12(3)7-14-8-12/h14H,4-8H2,1-3H3. The first-order valence-corrected chi connectivity index (χ1v) is 6.97. The minimum absolute atomic E-state index is 0.00530. The Morgan fingerprint density at radius 2 is 2.18 bits per heavy atom. The molecule has 0 bridgehead atoms. The van der Waals surface area contributed by atoms with Crippen LogP contribution in [0.4, 0.5) is 0 Å². The maximum atomic E-state index is 5.98. The Bertz CT molecular complexity index is 399. The highest BCUT2D eigenvalue weighted by Gasteiger charge is 2.33. The van der Waals surface area contributed by atoms with Crippen molar-refractivity contribution in [2.75, 3.05) is 13.1 Å². The molecule has 0 aromatic carbocycles. The molecular formula is C12H20BrN3O. The van der Waals surface area contributed by atoms with Crippen LogP contribution in [0.15, 0.2) is 4.47 Å². The van der Waals surface area contributed by atoms with E-state index in [1.807, 2.05) is 4.68 Å². The van der Waals surface area contributed by atoms with Crippen LogP contribution >= 0.6 is 15.9 Å². The maximum absolute atomic E-state index is 5.98. The summed E-state index contributed by atoms with van der Waals surface area (Å²) in [4.78, 5) is 0. The van der Waals surface area contributed by atoms with Gasteiger partial charge >= 0.3 is 0 Å². The second-order valence-electron chi connectivity index (χ2n) is 4.72. The average Bonchev–Trinajstić information content (AvgIpc) is 2.60. The fourth-order valence-electron chi connectivity index (χ4n) is 1.98. The highest BCUT2D eigenvalue weighted by atomic mass is 79.9. The molecular weight excluding hydrogens is 282 g/mol. The molecule has 0 atom stereocenters. The van der Waals surface area contributed by atoms with Crippen LogP contribution in [-0.2, 0) is 24.3 Å². The van der Waals surface area contributed by atoms with Gasteiger partial charge in [-0.25, -0.2) is 0 Å². The number of nitrogens with one attached hydrogen (secondary N) is 1. The average molecular weight is 302 g/mol. The van der Waals surface area contributed by atoms with Crippen molar-refractivity contribution in [3.05, 3.63) is 15.9 Å². The maximum Gasteiger partial charge on any atom is 0.0907 e. The molecule has 0 radical (unpaired) electrons. The molecule has 0 spiro atoms. The normalized spacial score (nSPS) is 18.1. The van der Waals surface area contributed by atoms with Crippen LogP contribution in [-0.4, -0.2) is 28.5 Å². The largest absolute Gasteiger partial charge is 0.366 e. The van der Waals surface area contributed by atoms with Crippen LogP contribution < -0.4 is 5.32 Å². The fraction of sp³-hybridized carbons (Fsp3) is 0.750. The summed E-state index contributed by atoms with van der Waals surface area (Å²) < 4.78 is 9.11. The molecule has 0 unspecified atom stereocenters. The smallest absolute Gasteiger partial charge is 0.0907 e. The van der Waals surface area contributed by atoms with Crippen molar-refractivity contribution in [2.24, 2.45) is 0 Å². The zero-order valence-corrected chi connectivity index (χ0v) is 12.3. The third kappa shape index (κ3) is 2.56. The Hall–Kier alpha value is -0.390. The highest BCUT2D eigenvalue weighted by molar-refractivity contribution is 9.10. The zero-order valence-electron chi connectivity index (χ0n) is 10.7. The first-order valence-electron chi connectivity index (χ1n) is 6.18. The molecule has 0 aliphatic carbocycles. The Labute approximate surface area is 111 Å². The number of hydrogen-bond donors (Lipinski definition) is 1. The van der Waals surface area contributed by atoms with Gasteiger partial charge in [-0.15, -0.1) is 0 Å².